The van der Waals surface area contributed by atoms with Crippen molar-refractivity contribution in [2.45, 2.75) is 39.3 Å². The van der Waals surface area contributed by atoms with E-state index in [0.717, 1.165) is 32.2 Å². The van der Waals surface area contributed by atoms with E-state index in [-0.39, 0.29) is 0 Å². The lowest BCUT2D eigenvalue weighted by molar-refractivity contribution is 0.202. The molecule has 1 aromatic carbocycles. The summed E-state index contributed by atoms with van der Waals surface area (Å²) < 4.78 is 6.48. The van der Waals surface area contributed by atoms with Gasteiger partial charge in [-0.25, -0.2) is 0 Å². The summed E-state index contributed by atoms with van der Waals surface area (Å²) >= 11 is 3.76. The van der Waals surface area contributed by atoms with Gasteiger partial charge >= 0.3 is 0 Å². The summed E-state index contributed by atoms with van der Waals surface area (Å²) in [5, 5.41) is 3.37. The van der Waals surface area contributed by atoms with Crippen molar-refractivity contribution in [3.8, 4) is 0 Å². The molecule has 0 saturated heterocycles. The van der Waals surface area contributed by atoms with E-state index >= 15 is 0 Å². The Kier molecular flexibility index (Phi) is 6.52. The Balaban J connectivity index is 2.14. The first kappa shape index (κ1) is 16.8. The number of hydrogen-bond acceptors (Lipinski definition) is 3. The first-order chi connectivity index (χ1) is 10.2. The Morgan fingerprint density at radius 2 is 2.19 bits per heavy atom. The molecule has 1 aliphatic carbocycles. The SMILES string of the molecule is CCNCc1ccc(N(CCOC)C(C)C2CC2)c(Br)c1. The van der Waals surface area contributed by atoms with E-state index in [9.17, 15) is 0 Å². The van der Waals surface area contributed by atoms with E-state index in [1.807, 2.05) is 0 Å². The third-order valence-electron chi connectivity index (χ3n) is 4.23. The average molecular weight is 355 g/mol. The third-order valence-corrected chi connectivity index (χ3v) is 4.87. The molecule has 0 bridgehead atoms. The number of nitrogens with zero attached hydrogens (tertiary/aromatic N) is 1. The van der Waals surface area contributed by atoms with Gasteiger partial charge in [0.05, 0.1) is 12.3 Å². The van der Waals surface area contributed by atoms with Gasteiger partial charge in [0.2, 0.25) is 0 Å². The maximum Gasteiger partial charge on any atom is 0.0637 e. The molecule has 1 unspecified atom stereocenters. The standard InChI is InChI=1S/C17H27BrN2O/c1-4-19-12-14-5-8-17(16(18)11-14)20(9-10-21-3)13(2)15-6-7-15/h5,8,11,13,15,19H,4,6-7,9-10,12H2,1-3H3. The van der Waals surface area contributed by atoms with Crippen LogP contribution in [0.25, 0.3) is 0 Å². The first-order valence-corrected chi connectivity index (χ1v) is 8.71. The second-order valence-corrected chi connectivity index (χ2v) is 6.68. The maximum absolute atomic E-state index is 5.29. The highest BCUT2D eigenvalue weighted by atomic mass is 79.9. The molecule has 0 heterocycles. The Morgan fingerprint density at radius 3 is 2.76 bits per heavy atom. The third kappa shape index (κ3) is 4.70. The van der Waals surface area contributed by atoms with Crippen molar-refractivity contribution in [3.05, 3.63) is 28.2 Å². The second-order valence-electron chi connectivity index (χ2n) is 5.83. The van der Waals surface area contributed by atoms with Crippen molar-refractivity contribution in [2.24, 2.45) is 5.92 Å². The topological polar surface area (TPSA) is 24.5 Å². The lowest BCUT2D eigenvalue weighted by Gasteiger charge is -2.32. The van der Waals surface area contributed by atoms with Gasteiger partial charge in [-0.2, -0.15) is 0 Å². The minimum Gasteiger partial charge on any atom is -0.383 e. The van der Waals surface area contributed by atoms with E-state index in [1.54, 1.807) is 7.11 Å². The highest BCUT2D eigenvalue weighted by Gasteiger charge is 2.32. The zero-order chi connectivity index (χ0) is 15.2. The van der Waals surface area contributed by atoms with Gasteiger partial charge in [0.25, 0.3) is 0 Å². The van der Waals surface area contributed by atoms with Crippen molar-refractivity contribution in [1.82, 2.24) is 5.32 Å². The summed E-state index contributed by atoms with van der Waals surface area (Å²) in [4.78, 5) is 2.49. The predicted octanol–water partition coefficient (Wildman–Crippen LogP) is 3.81. The van der Waals surface area contributed by atoms with Crippen LogP contribution in [0, 0.1) is 5.92 Å². The summed E-state index contributed by atoms with van der Waals surface area (Å²) in [5.41, 5.74) is 2.60. The van der Waals surface area contributed by atoms with Crippen LogP contribution >= 0.6 is 15.9 Å². The molecule has 4 heteroatoms. The van der Waals surface area contributed by atoms with E-state index < -0.39 is 0 Å². The zero-order valence-electron chi connectivity index (χ0n) is 13.4. The number of ether oxygens (including phenoxy) is 1. The van der Waals surface area contributed by atoms with Gasteiger partial charge in [0.15, 0.2) is 0 Å². The van der Waals surface area contributed by atoms with Crippen LogP contribution in [0.1, 0.15) is 32.3 Å². The van der Waals surface area contributed by atoms with Gasteiger partial charge in [-0.05, 0) is 65.9 Å². The quantitative estimate of drug-likeness (QED) is 0.729. The summed E-state index contributed by atoms with van der Waals surface area (Å²) in [5.74, 6) is 0.843. The number of anilines is 1. The molecule has 1 saturated carbocycles. The van der Waals surface area contributed by atoms with Crippen molar-refractivity contribution >= 4 is 21.6 Å². The molecule has 0 amide bonds. The summed E-state index contributed by atoms with van der Waals surface area (Å²) in [6.07, 6.45) is 2.72. The highest BCUT2D eigenvalue weighted by Crippen LogP contribution is 2.38. The second kappa shape index (κ2) is 8.16. The molecule has 0 radical (unpaired) electrons. The molecule has 0 spiro atoms. The molecule has 3 nitrogen and oxygen atoms in total. The normalized spacial score (nSPS) is 16.0. The van der Waals surface area contributed by atoms with E-state index in [4.69, 9.17) is 4.74 Å². The van der Waals surface area contributed by atoms with Crippen molar-refractivity contribution in [1.29, 1.82) is 0 Å². The Hall–Kier alpha value is -0.580. The molecule has 1 fully saturated rings. The Labute approximate surface area is 137 Å². The molecule has 1 N–H and O–H groups in total. The van der Waals surface area contributed by atoms with Gasteiger partial charge in [-0.3, -0.25) is 0 Å². The smallest absolute Gasteiger partial charge is 0.0637 e. The highest BCUT2D eigenvalue weighted by molar-refractivity contribution is 9.10. The van der Waals surface area contributed by atoms with Crippen LogP contribution in [0.2, 0.25) is 0 Å². The summed E-state index contributed by atoms with van der Waals surface area (Å²) in [6.45, 7) is 8.10. The fraction of sp³-hybridized carbons (Fsp3) is 0.647. The van der Waals surface area contributed by atoms with Crippen LogP contribution in [-0.2, 0) is 11.3 Å². The first-order valence-electron chi connectivity index (χ1n) is 7.92. The van der Waals surface area contributed by atoms with Gasteiger partial charge in [0.1, 0.15) is 0 Å². The van der Waals surface area contributed by atoms with Gasteiger partial charge in [-0.1, -0.05) is 13.0 Å². The number of benzene rings is 1. The summed E-state index contributed by atoms with van der Waals surface area (Å²) in [6, 6.07) is 7.28. The van der Waals surface area contributed by atoms with Crippen molar-refractivity contribution in [2.75, 3.05) is 31.7 Å². The van der Waals surface area contributed by atoms with Crippen molar-refractivity contribution < 1.29 is 4.74 Å². The Morgan fingerprint density at radius 1 is 1.43 bits per heavy atom. The van der Waals surface area contributed by atoms with E-state index in [2.05, 4.69) is 58.2 Å². The lowest BCUT2D eigenvalue weighted by atomic mass is 10.1. The molecule has 118 valence electrons. The van der Waals surface area contributed by atoms with Crippen LogP contribution in [0.15, 0.2) is 22.7 Å². The van der Waals surface area contributed by atoms with E-state index in [1.165, 1.54) is 28.6 Å². The minimum atomic E-state index is 0.580. The molecular formula is C17H27BrN2O. The fourth-order valence-electron chi connectivity index (χ4n) is 2.73. The van der Waals surface area contributed by atoms with Crippen molar-refractivity contribution in [3.63, 3.8) is 0 Å². The molecule has 0 aromatic heterocycles. The van der Waals surface area contributed by atoms with Crippen LogP contribution < -0.4 is 10.2 Å². The van der Waals surface area contributed by atoms with Gasteiger partial charge in [-0.15, -0.1) is 0 Å². The number of halogens is 1. The Bertz CT molecular complexity index is 448. The number of nitrogens with one attached hydrogen (secondary N) is 1. The molecule has 1 aliphatic rings. The van der Waals surface area contributed by atoms with Crippen LogP contribution in [0.5, 0.6) is 0 Å². The largest absolute Gasteiger partial charge is 0.383 e. The predicted molar refractivity (Wildman–Crippen MR) is 92.9 cm³/mol. The monoisotopic (exact) mass is 354 g/mol. The lowest BCUT2D eigenvalue weighted by Crippen LogP contribution is -2.37. The van der Waals surface area contributed by atoms with E-state index in [0.29, 0.717) is 6.04 Å². The summed E-state index contributed by atoms with van der Waals surface area (Å²) in [7, 11) is 1.77. The van der Waals surface area contributed by atoms with Crippen LogP contribution in [0.4, 0.5) is 5.69 Å². The molecule has 2 rings (SSSR count). The van der Waals surface area contributed by atoms with Gasteiger partial charge in [0, 0.05) is 30.7 Å². The molecule has 1 aromatic rings. The van der Waals surface area contributed by atoms with Gasteiger partial charge < -0.3 is 15.0 Å². The number of rotatable bonds is 9. The fourth-order valence-corrected chi connectivity index (χ4v) is 3.38. The average Bonchev–Trinajstić information content (AvgIpc) is 3.31. The molecule has 21 heavy (non-hydrogen) atoms. The molecule has 1 atom stereocenters. The molecular weight excluding hydrogens is 328 g/mol. The maximum atomic E-state index is 5.29. The molecule has 0 aliphatic heterocycles. The number of methoxy groups -OCH3 is 1. The number of hydrogen-bond donors (Lipinski definition) is 1. The zero-order valence-corrected chi connectivity index (χ0v) is 14.9. The van der Waals surface area contributed by atoms with Crippen LogP contribution in [0.3, 0.4) is 0 Å². The minimum absolute atomic E-state index is 0.580. The van der Waals surface area contributed by atoms with Crippen LogP contribution in [-0.4, -0.2) is 32.8 Å².